The maximum atomic E-state index is 12.5. The summed E-state index contributed by atoms with van der Waals surface area (Å²) in [6, 6.07) is 2.89. The molecule has 22 heteroatoms. The number of H-pyrrole nitrogens is 1. The zero-order valence-electron chi connectivity index (χ0n) is 22.3. The Balaban J connectivity index is 1.38. The number of aliphatic hydroxyl groups excluding tert-OH is 6. The number of carbonyl (C=O) groups is 1. The number of aldehydes is 1. The number of phosphoric acid groups is 1. The Morgan fingerprint density at radius 2 is 1.61 bits per heavy atom. The van der Waals surface area contributed by atoms with Gasteiger partial charge in [0.2, 0.25) is 0 Å². The average molecular weight is 688 g/mol. The lowest BCUT2D eigenvalue weighted by Crippen LogP contribution is -2.58. The highest BCUT2D eigenvalue weighted by Crippen LogP contribution is 2.60. The third-order valence-electron chi connectivity index (χ3n) is 6.91. The minimum absolute atomic E-state index is 0.0663. The molecule has 9 N–H and O–H groups in total. The van der Waals surface area contributed by atoms with Crippen LogP contribution in [0.2, 0.25) is 0 Å². The smallest absolute Gasteiger partial charge is 0.394 e. The summed E-state index contributed by atoms with van der Waals surface area (Å²) in [4.78, 5) is 58.6. The number of rotatable bonds is 12. The second-order valence-electron chi connectivity index (χ2n) is 9.94. The van der Waals surface area contributed by atoms with Crippen molar-refractivity contribution in [2.24, 2.45) is 0 Å². The van der Waals surface area contributed by atoms with E-state index >= 15 is 0 Å². The van der Waals surface area contributed by atoms with Crippen LogP contribution in [0, 0.1) is 0 Å². The van der Waals surface area contributed by atoms with Gasteiger partial charge in [-0.3, -0.25) is 28.2 Å². The van der Waals surface area contributed by atoms with E-state index in [1.165, 1.54) is 12.1 Å². The molecule has 4 rings (SSSR count). The Hall–Kier alpha value is -1.97. The summed E-state index contributed by atoms with van der Waals surface area (Å²) in [6.45, 7) is -1.73. The van der Waals surface area contributed by atoms with Gasteiger partial charge in [0.05, 0.1) is 35.9 Å². The highest BCUT2D eigenvalue weighted by molar-refractivity contribution is 7.64. The van der Waals surface area contributed by atoms with Gasteiger partial charge in [0.25, 0.3) is 5.56 Å². The van der Waals surface area contributed by atoms with Crippen LogP contribution in [-0.2, 0) is 27.4 Å². The maximum absolute atomic E-state index is 12.5. The van der Waals surface area contributed by atoms with Crippen LogP contribution in [-0.4, -0.2) is 124 Å². The van der Waals surface area contributed by atoms with E-state index in [9.17, 15) is 63.9 Å². The average Bonchev–Trinajstić information content (AvgIpc) is 3.54. The van der Waals surface area contributed by atoms with Crippen molar-refractivity contribution >= 4 is 33.0 Å². The molecule has 0 radical (unpaired) electrons. The van der Waals surface area contributed by atoms with E-state index in [0.29, 0.717) is 16.0 Å². The normalized spacial score (nSPS) is 33.5. The van der Waals surface area contributed by atoms with Gasteiger partial charge in [-0.2, -0.15) is 0 Å². The molecular formula is C22H30N2O17P2S. The summed E-state index contributed by atoms with van der Waals surface area (Å²) in [5.74, 6) is 0. The fraction of sp³-hybridized carbons (Fsp3) is 0.591. The number of aliphatic hydroxyl groups is 6. The molecule has 2 aliphatic heterocycles. The molecule has 2 aliphatic rings. The molecule has 44 heavy (non-hydrogen) atoms. The molecule has 19 nitrogen and oxygen atoms in total. The first-order valence-electron chi connectivity index (χ1n) is 12.8. The molecule has 2 aromatic heterocycles. The van der Waals surface area contributed by atoms with E-state index < -0.39 is 108 Å². The van der Waals surface area contributed by atoms with Crippen LogP contribution in [0.1, 0.15) is 22.3 Å². The molecule has 2 fully saturated rings. The number of carbonyl (C=O) groups excluding carboxylic acids is 1. The molecule has 0 saturated carbocycles. The van der Waals surface area contributed by atoms with Crippen molar-refractivity contribution in [2.45, 2.75) is 61.5 Å². The molecule has 5 unspecified atom stereocenters. The largest absolute Gasteiger partial charge is 0.479 e. The summed E-state index contributed by atoms with van der Waals surface area (Å²) in [7, 11) is -10.3. The van der Waals surface area contributed by atoms with Crippen molar-refractivity contribution in [3.63, 3.8) is 0 Å². The summed E-state index contributed by atoms with van der Waals surface area (Å²) in [5, 5.41) is 59.9. The molecule has 11 atom stereocenters. The van der Waals surface area contributed by atoms with Crippen molar-refractivity contribution in [2.75, 3.05) is 19.4 Å². The SMILES string of the molecule is O=Cc1ccc(-c2cn([C@@H]3O[C@H](COP(=O)(O)OP(=O)(O)CC[C@H]4OC(CO)[C@H](O)[C@H](O)C4O)C(O)[C@@H]3O)c(=O)[nH]c2=O)s1. The zero-order valence-corrected chi connectivity index (χ0v) is 24.9. The van der Waals surface area contributed by atoms with Crippen molar-refractivity contribution in [1.29, 1.82) is 0 Å². The lowest BCUT2D eigenvalue weighted by atomic mass is 9.94. The standard InChI is InChI=1S/C22H30N2O17P2S/c25-6-9-1-2-14(44-9)10-5-24(22(33)23-20(10)32)21-19(31)17(29)13(40-21)8-38-43(36,37)41-42(34,35)4-3-11-15(27)18(30)16(28)12(7-26)39-11/h1-2,5-6,11-13,15-19,21,26-31H,3-4,7-8H2,(H,34,35)(H,36,37)(H,23,32,33)/t11-,12?,13-,15?,16+,17?,18-,19+,21-/m1/s1. The van der Waals surface area contributed by atoms with Gasteiger partial charge in [0.15, 0.2) is 12.5 Å². The number of aromatic nitrogens is 2. The predicted octanol–water partition coefficient (Wildman–Crippen LogP) is -2.75. The van der Waals surface area contributed by atoms with E-state index in [4.69, 9.17) is 9.47 Å². The van der Waals surface area contributed by atoms with Crippen molar-refractivity contribution in [3.8, 4) is 10.4 Å². The Morgan fingerprint density at radius 1 is 0.955 bits per heavy atom. The van der Waals surface area contributed by atoms with E-state index in [1.807, 2.05) is 4.98 Å². The minimum atomic E-state index is -5.36. The quantitative estimate of drug-likeness (QED) is 0.0806. The van der Waals surface area contributed by atoms with Gasteiger partial charge in [-0.1, -0.05) is 0 Å². The number of aromatic amines is 1. The number of hydrogen-bond donors (Lipinski definition) is 9. The van der Waals surface area contributed by atoms with E-state index in [0.717, 1.165) is 22.1 Å². The third-order valence-corrected chi connectivity index (χ3v) is 11.1. The fourth-order valence-electron chi connectivity index (χ4n) is 4.61. The lowest BCUT2D eigenvalue weighted by molar-refractivity contribution is -0.229. The second-order valence-corrected chi connectivity index (χ2v) is 14.6. The summed E-state index contributed by atoms with van der Waals surface area (Å²) >= 11 is 0.944. The maximum Gasteiger partial charge on any atom is 0.479 e. The third kappa shape index (κ3) is 7.69. The minimum Gasteiger partial charge on any atom is -0.394 e. The number of nitrogens with one attached hydrogen (secondary N) is 1. The highest BCUT2D eigenvalue weighted by atomic mass is 32.1. The molecular weight excluding hydrogens is 658 g/mol. The van der Waals surface area contributed by atoms with Gasteiger partial charge in [-0.25, -0.2) is 13.7 Å². The molecule has 246 valence electrons. The second kappa shape index (κ2) is 13.8. The van der Waals surface area contributed by atoms with E-state index in [1.54, 1.807) is 0 Å². The van der Waals surface area contributed by atoms with Crippen LogP contribution in [0.5, 0.6) is 0 Å². The van der Waals surface area contributed by atoms with Crippen LogP contribution in [0.4, 0.5) is 0 Å². The first kappa shape index (κ1) is 34.9. The first-order valence-corrected chi connectivity index (χ1v) is 16.9. The summed E-state index contributed by atoms with van der Waals surface area (Å²) in [6.07, 6.45) is -14.5. The van der Waals surface area contributed by atoms with Crippen LogP contribution in [0.25, 0.3) is 10.4 Å². The van der Waals surface area contributed by atoms with Crippen molar-refractivity contribution in [1.82, 2.24) is 9.55 Å². The topological polar surface area (TPSA) is 305 Å². The van der Waals surface area contributed by atoms with Crippen molar-refractivity contribution < 1.29 is 72.7 Å². The fourth-order valence-corrected chi connectivity index (χ4v) is 8.16. The van der Waals surface area contributed by atoms with Crippen LogP contribution >= 0.6 is 26.8 Å². The highest BCUT2D eigenvalue weighted by Gasteiger charge is 2.47. The summed E-state index contributed by atoms with van der Waals surface area (Å²) < 4.78 is 45.4. The Labute approximate surface area is 250 Å². The first-order chi connectivity index (χ1) is 20.6. The Bertz CT molecular complexity index is 1540. The molecule has 0 spiro atoms. The summed E-state index contributed by atoms with van der Waals surface area (Å²) in [5.41, 5.74) is -1.92. The molecule has 0 aliphatic carbocycles. The van der Waals surface area contributed by atoms with Crippen LogP contribution in [0.15, 0.2) is 27.9 Å². The van der Waals surface area contributed by atoms with Gasteiger partial charge in [0, 0.05) is 11.1 Å². The number of hydrogen-bond acceptors (Lipinski definition) is 16. The van der Waals surface area contributed by atoms with E-state index in [-0.39, 0.29) is 5.56 Å². The van der Waals surface area contributed by atoms with Crippen LogP contribution < -0.4 is 11.2 Å². The van der Waals surface area contributed by atoms with E-state index in [2.05, 4.69) is 8.83 Å². The van der Waals surface area contributed by atoms with Gasteiger partial charge in [0.1, 0.15) is 42.7 Å². The monoisotopic (exact) mass is 688 g/mol. The number of nitrogens with zero attached hydrogens (tertiary/aromatic N) is 1. The lowest BCUT2D eigenvalue weighted by Gasteiger charge is -2.40. The molecule has 2 saturated heterocycles. The van der Waals surface area contributed by atoms with Crippen molar-refractivity contribution in [3.05, 3.63) is 44.0 Å². The Kier molecular flexibility index (Phi) is 10.9. The Morgan fingerprint density at radius 3 is 2.25 bits per heavy atom. The number of ether oxygens (including phenoxy) is 2. The zero-order chi connectivity index (χ0) is 32.6. The van der Waals surface area contributed by atoms with Gasteiger partial charge in [-0.05, 0) is 18.6 Å². The molecule has 0 amide bonds. The number of phosphoric ester groups is 1. The molecule has 4 heterocycles. The molecule has 2 aromatic rings. The van der Waals surface area contributed by atoms with Crippen LogP contribution in [0.3, 0.4) is 0 Å². The van der Waals surface area contributed by atoms with Gasteiger partial charge < -0.3 is 49.9 Å². The molecule has 0 bridgehead atoms. The molecule has 0 aromatic carbocycles. The van der Waals surface area contributed by atoms with Gasteiger partial charge >= 0.3 is 21.1 Å². The predicted molar refractivity (Wildman–Crippen MR) is 146 cm³/mol. The number of thiophene rings is 1. The van der Waals surface area contributed by atoms with Gasteiger partial charge in [-0.15, -0.1) is 11.3 Å².